The molecule has 1 aliphatic carbocycles. The maximum absolute atomic E-state index is 10.8. The largest absolute Gasteiger partial charge is 0.489 e. The molecule has 0 aliphatic heterocycles. The minimum Gasteiger partial charge on any atom is -0.489 e. The highest BCUT2D eigenvalue weighted by atomic mass is 16.6. The van der Waals surface area contributed by atoms with Gasteiger partial charge in [0.1, 0.15) is 24.4 Å². The van der Waals surface area contributed by atoms with E-state index in [1.54, 1.807) is 12.1 Å². The van der Waals surface area contributed by atoms with Crippen LogP contribution >= 0.6 is 0 Å². The van der Waals surface area contributed by atoms with Crippen LogP contribution < -0.4 is 9.47 Å². The molecule has 0 fully saturated rings. The molecule has 0 bridgehead atoms. The molecule has 4 aromatic rings. The molecule has 7 heteroatoms. The number of nitro benzene ring substituents is 1. The summed E-state index contributed by atoms with van der Waals surface area (Å²) in [6.45, 7) is 0.521. The zero-order valence-electron chi connectivity index (χ0n) is 17.5. The van der Waals surface area contributed by atoms with Crippen molar-refractivity contribution in [3.63, 3.8) is 0 Å². The molecule has 0 unspecified atom stereocenters. The molecule has 0 saturated carbocycles. The lowest BCUT2D eigenvalue weighted by molar-refractivity contribution is -0.384. The molecule has 0 N–H and O–H groups in total. The molecule has 7 nitrogen and oxygen atoms in total. The lowest BCUT2D eigenvalue weighted by Crippen LogP contribution is -1.96. The third-order valence-corrected chi connectivity index (χ3v) is 5.34. The molecular formula is C26H19N3O4. The van der Waals surface area contributed by atoms with Crippen LogP contribution in [0.4, 0.5) is 5.69 Å². The van der Waals surface area contributed by atoms with Crippen LogP contribution in [0.3, 0.4) is 0 Å². The molecule has 3 aromatic carbocycles. The zero-order chi connectivity index (χ0) is 22.6. The maximum atomic E-state index is 10.8. The number of nitro groups is 1. The summed E-state index contributed by atoms with van der Waals surface area (Å²) in [6.07, 6.45) is 4.16. The van der Waals surface area contributed by atoms with Gasteiger partial charge in [0.2, 0.25) is 5.88 Å². The van der Waals surface area contributed by atoms with E-state index in [0.29, 0.717) is 24.7 Å². The van der Waals surface area contributed by atoms with Gasteiger partial charge in [0, 0.05) is 18.6 Å². The number of allylic oxidation sites excluding steroid dienone is 1. The number of rotatable bonds is 7. The van der Waals surface area contributed by atoms with Crippen molar-refractivity contribution in [3.8, 4) is 17.4 Å². The quantitative estimate of drug-likeness (QED) is 0.266. The second-order valence-corrected chi connectivity index (χ2v) is 7.54. The molecule has 33 heavy (non-hydrogen) atoms. The Labute approximate surface area is 190 Å². The third kappa shape index (κ3) is 4.57. The zero-order valence-corrected chi connectivity index (χ0v) is 17.5. The van der Waals surface area contributed by atoms with Crippen LogP contribution in [0, 0.1) is 10.1 Å². The molecule has 0 saturated heterocycles. The van der Waals surface area contributed by atoms with Gasteiger partial charge in [-0.15, -0.1) is 0 Å². The van der Waals surface area contributed by atoms with Gasteiger partial charge < -0.3 is 9.47 Å². The Hall–Kier alpha value is -4.52. The van der Waals surface area contributed by atoms with Gasteiger partial charge in [0.15, 0.2) is 0 Å². The smallest absolute Gasteiger partial charge is 0.269 e. The van der Waals surface area contributed by atoms with Crippen LogP contribution in [0.15, 0.2) is 85.2 Å². The Kier molecular flexibility index (Phi) is 5.51. The van der Waals surface area contributed by atoms with Gasteiger partial charge >= 0.3 is 0 Å². The summed E-state index contributed by atoms with van der Waals surface area (Å²) in [5, 5.41) is 10.8. The molecule has 1 heterocycles. The van der Waals surface area contributed by atoms with Crippen molar-refractivity contribution in [2.45, 2.75) is 13.0 Å². The lowest BCUT2D eigenvalue weighted by Gasteiger charge is -2.08. The second kappa shape index (κ2) is 8.92. The molecule has 0 spiro atoms. The Bertz CT molecular complexity index is 1320. The van der Waals surface area contributed by atoms with Gasteiger partial charge in [-0.2, -0.15) is 0 Å². The summed E-state index contributed by atoms with van der Waals surface area (Å²) in [6, 6.07) is 23.9. The minimum atomic E-state index is -0.445. The Morgan fingerprint density at radius 2 is 1.61 bits per heavy atom. The van der Waals surface area contributed by atoms with Crippen molar-refractivity contribution >= 4 is 17.3 Å². The van der Waals surface area contributed by atoms with E-state index >= 15 is 0 Å². The fourth-order valence-electron chi connectivity index (χ4n) is 3.63. The van der Waals surface area contributed by atoms with Gasteiger partial charge in [-0.05, 0) is 47.0 Å². The number of ether oxygens (including phenoxy) is 2. The fraction of sp³-hybridized carbons (Fsp3) is 0.0769. The summed E-state index contributed by atoms with van der Waals surface area (Å²) in [5.74, 6) is 1.70. The van der Waals surface area contributed by atoms with Gasteiger partial charge in [-0.1, -0.05) is 42.5 Å². The first-order chi connectivity index (χ1) is 16.2. The van der Waals surface area contributed by atoms with Crippen molar-refractivity contribution < 1.29 is 14.4 Å². The van der Waals surface area contributed by atoms with E-state index in [1.165, 1.54) is 18.5 Å². The van der Waals surface area contributed by atoms with Crippen LogP contribution in [0.25, 0.3) is 11.6 Å². The highest BCUT2D eigenvalue weighted by Gasteiger charge is 2.21. The normalized spacial score (nSPS) is 12.1. The van der Waals surface area contributed by atoms with Gasteiger partial charge in [0.05, 0.1) is 16.2 Å². The Balaban J connectivity index is 1.30. The predicted octanol–water partition coefficient (Wildman–Crippen LogP) is 5.85. The molecule has 1 aliphatic rings. The van der Waals surface area contributed by atoms with E-state index in [2.05, 4.69) is 9.97 Å². The number of fused-ring (bicyclic) bond motifs is 1. The number of hydrogen-bond acceptors (Lipinski definition) is 6. The van der Waals surface area contributed by atoms with Crippen molar-refractivity contribution in [1.29, 1.82) is 0 Å². The molecule has 1 aromatic heterocycles. The number of benzene rings is 3. The number of non-ortho nitro benzene ring substituents is 1. The summed E-state index contributed by atoms with van der Waals surface area (Å²) >= 11 is 0. The molecule has 0 atom stereocenters. The molecule has 0 radical (unpaired) electrons. The monoisotopic (exact) mass is 437 g/mol. The van der Waals surface area contributed by atoms with Crippen molar-refractivity contribution in [2.24, 2.45) is 0 Å². The van der Waals surface area contributed by atoms with Gasteiger partial charge in [0.25, 0.3) is 5.69 Å². The first-order valence-corrected chi connectivity index (χ1v) is 10.4. The summed E-state index contributed by atoms with van der Waals surface area (Å²) in [5.41, 5.74) is 5.00. The first kappa shape index (κ1) is 20.4. The molecule has 162 valence electrons. The van der Waals surface area contributed by atoms with E-state index in [-0.39, 0.29) is 5.69 Å². The highest BCUT2D eigenvalue weighted by Crippen LogP contribution is 2.36. The van der Waals surface area contributed by atoms with Crippen molar-refractivity contribution in [1.82, 2.24) is 9.97 Å². The second-order valence-electron chi connectivity index (χ2n) is 7.54. The van der Waals surface area contributed by atoms with E-state index in [4.69, 9.17) is 9.47 Å². The molecular weight excluding hydrogens is 418 g/mol. The topological polar surface area (TPSA) is 87.4 Å². The number of nitrogens with zero attached hydrogens (tertiary/aromatic N) is 3. The van der Waals surface area contributed by atoms with Crippen LogP contribution in [-0.2, 0) is 13.0 Å². The van der Waals surface area contributed by atoms with Crippen LogP contribution in [0.2, 0.25) is 0 Å². The number of hydrogen-bond donors (Lipinski definition) is 0. The lowest BCUT2D eigenvalue weighted by atomic mass is 10.1. The average Bonchev–Trinajstić information content (AvgIpc) is 3.30. The van der Waals surface area contributed by atoms with E-state index < -0.39 is 4.92 Å². The van der Waals surface area contributed by atoms with Crippen molar-refractivity contribution in [3.05, 3.63) is 118 Å². The Morgan fingerprint density at radius 3 is 2.33 bits per heavy atom. The summed E-state index contributed by atoms with van der Waals surface area (Å²) in [7, 11) is 0. The fourth-order valence-corrected chi connectivity index (χ4v) is 3.63. The van der Waals surface area contributed by atoms with E-state index in [0.717, 1.165) is 33.7 Å². The van der Waals surface area contributed by atoms with Crippen molar-refractivity contribution in [2.75, 3.05) is 0 Å². The van der Waals surface area contributed by atoms with Gasteiger partial charge in [-0.25, -0.2) is 9.97 Å². The third-order valence-electron chi connectivity index (χ3n) is 5.34. The molecule has 5 rings (SSSR count). The first-order valence-electron chi connectivity index (χ1n) is 10.4. The maximum Gasteiger partial charge on any atom is 0.269 e. The number of aromatic nitrogens is 2. The molecule has 0 amide bonds. The predicted molar refractivity (Wildman–Crippen MR) is 124 cm³/mol. The van der Waals surface area contributed by atoms with Crippen LogP contribution in [0.1, 0.15) is 22.4 Å². The SMILES string of the molecule is O=[N+]([O-])c1ccc(Oc2ncnc3c2C=C(c2ccc(OCc4ccccc4)cc2)C3)cc1. The van der Waals surface area contributed by atoms with Crippen LogP contribution in [-0.4, -0.2) is 14.9 Å². The Morgan fingerprint density at radius 1 is 0.879 bits per heavy atom. The minimum absolute atomic E-state index is 0.00800. The van der Waals surface area contributed by atoms with E-state index in [1.807, 2.05) is 60.7 Å². The van der Waals surface area contributed by atoms with Gasteiger partial charge in [-0.3, -0.25) is 10.1 Å². The summed E-state index contributed by atoms with van der Waals surface area (Å²) < 4.78 is 11.8. The standard InChI is InChI=1S/C26H19N3O4/c30-29(31)21-8-12-23(13-9-21)33-26-24-14-20(15-25(24)27-17-28-26)19-6-10-22(11-7-19)32-16-18-4-2-1-3-5-18/h1-14,17H,15-16H2. The van der Waals surface area contributed by atoms with Crippen LogP contribution in [0.5, 0.6) is 17.4 Å². The average molecular weight is 437 g/mol. The van der Waals surface area contributed by atoms with E-state index in [9.17, 15) is 10.1 Å². The highest BCUT2D eigenvalue weighted by molar-refractivity contribution is 5.89. The summed E-state index contributed by atoms with van der Waals surface area (Å²) in [4.78, 5) is 19.1.